The monoisotopic (exact) mass is 582 g/mol. The average Bonchev–Trinajstić information content (AvgIpc) is 3.35. The van der Waals surface area contributed by atoms with Crippen molar-refractivity contribution in [2.45, 2.75) is 49.9 Å². The zero-order chi connectivity index (χ0) is 28.2. The summed E-state index contributed by atoms with van der Waals surface area (Å²) in [7, 11) is 0.0418. The van der Waals surface area contributed by atoms with Crippen LogP contribution in [0.5, 0.6) is 11.8 Å². The highest BCUT2D eigenvalue weighted by atomic mass is 35.5. The molecular weight excluding hydrogens is 552 g/mol. The van der Waals surface area contributed by atoms with Crippen LogP contribution in [0.3, 0.4) is 0 Å². The average molecular weight is 583 g/mol. The molecule has 0 radical (unpaired) electrons. The van der Waals surface area contributed by atoms with Crippen LogP contribution in [0, 0.1) is 5.92 Å². The van der Waals surface area contributed by atoms with Crippen molar-refractivity contribution in [2.75, 3.05) is 32.7 Å². The minimum Gasteiger partial charge on any atom is -0.479 e. The first-order chi connectivity index (χ1) is 18.7. The van der Waals surface area contributed by atoms with Crippen LogP contribution in [-0.4, -0.2) is 81.4 Å². The third kappa shape index (κ3) is 5.90. The molecule has 4 rings (SSSR count). The first kappa shape index (κ1) is 28.9. The van der Waals surface area contributed by atoms with Gasteiger partial charge in [-0.2, -0.15) is 9.97 Å². The van der Waals surface area contributed by atoms with Crippen molar-refractivity contribution >= 4 is 27.6 Å². The van der Waals surface area contributed by atoms with Crippen LogP contribution in [0.2, 0.25) is 5.02 Å². The summed E-state index contributed by atoms with van der Waals surface area (Å²) in [5.41, 5.74) is 0.222. The fraction of sp³-hybridized carbons (Fsp3) is 0.565. The molecule has 212 valence electrons. The number of ether oxygens (including phenoxy) is 3. The summed E-state index contributed by atoms with van der Waals surface area (Å²) in [6.07, 6.45) is 6.39. The van der Waals surface area contributed by atoms with Crippen LogP contribution in [0.15, 0.2) is 18.7 Å². The lowest BCUT2D eigenvalue weighted by Crippen LogP contribution is -2.33. The predicted molar refractivity (Wildman–Crippen MR) is 141 cm³/mol. The van der Waals surface area contributed by atoms with Crippen molar-refractivity contribution in [1.29, 1.82) is 0 Å². The molecule has 1 aliphatic carbocycles. The van der Waals surface area contributed by atoms with Crippen molar-refractivity contribution in [3.05, 3.63) is 35.4 Å². The van der Waals surface area contributed by atoms with Gasteiger partial charge in [-0.15, -0.1) is 10.2 Å². The second-order valence-electron chi connectivity index (χ2n) is 9.06. The number of hydrogen-bond donors (Lipinski definition) is 2. The number of aromatic nitrogens is 7. The summed E-state index contributed by atoms with van der Waals surface area (Å²) < 4.78 is 47.8. The molecule has 1 fully saturated rings. The number of halogens is 1. The fourth-order valence-electron chi connectivity index (χ4n) is 4.79. The third-order valence-electron chi connectivity index (χ3n) is 6.83. The van der Waals surface area contributed by atoms with E-state index in [0.717, 1.165) is 25.7 Å². The van der Waals surface area contributed by atoms with Gasteiger partial charge in [-0.05, 0) is 25.7 Å². The van der Waals surface area contributed by atoms with Crippen LogP contribution in [0.25, 0.3) is 5.69 Å². The lowest BCUT2D eigenvalue weighted by molar-refractivity contribution is 0.0950. The highest BCUT2D eigenvalue weighted by molar-refractivity contribution is 7.93. The molecule has 4 atom stereocenters. The third-order valence-corrected chi connectivity index (χ3v) is 8.72. The number of sulfonamides is 1. The van der Waals surface area contributed by atoms with Gasteiger partial charge in [0.1, 0.15) is 23.5 Å². The molecule has 0 spiro atoms. The van der Waals surface area contributed by atoms with E-state index >= 15 is 0 Å². The Morgan fingerprint density at radius 2 is 1.72 bits per heavy atom. The van der Waals surface area contributed by atoms with E-state index in [1.807, 2.05) is 0 Å². The van der Waals surface area contributed by atoms with Gasteiger partial charge in [-0.1, -0.05) is 24.4 Å². The molecule has 0 unspecified atom stereocenters. The number of rotatable bonds is 11. The van der Waals surface area contributed by atoms with Crippen molar-refractivity contribution in [3.8, 4) is 17.4 Å². The molecule has 0 aromatic carbocycles. The van der Waals surface area contributed by atoms with Crippen LogP contribution in [0.4, 0.5) is 5.95 Å². The summed E-state index contributed by atoms with van der Waals surface area (Å²) >= 11 is 5.89. The highest BCUT2D eigenvalue weighted by Crippen LogP contribution is 2.41. The minimum absolute atomic E-state index is 0.0498. The quantitative estimate of drug-likeness (QED) is 0.338. The van der Waals surface area contributed by atoms with E-state index in [0.29, 0.717) is 10.8 Å². The van der Waals surface area contributed by atoms with Gasteiger partial charge in [0, 0.05) is 32.0 Å². The van der Waals surface area contributed by atoms with Crippen LogP contribution < -0.4 is 14.2 Å². The Morgan fingerprint density at radius 1 is 1.08 bits per heavy atom. The van der Waals surface area contributed by atoms with Gasteiger partial charge in [0.25, 0.3) is 0 Å². The molecule has 1 saturated carbocycles. The van der Waals surface area contributed by atoms with Crippen molar-refractivity contribution < 1.29 is 27.7 Å². The predicted octanol–water partition coefficient (Wildman–Crippen LogP) is 2.30. The van der Waals surface area contributed by atoms with Gasteiger partial charge < -0.3 is 19.3 Å². The Hall–Kier alpha value is -3.14. The van der Waals surface area contributed by atoms with Crippen molar-refractivity contribution in [3.63, 3.8) is 0 Å². The second-order valence-corrected chi connectivity index (χ2v) is 11.5. The number of methoxy groups -OCH3 is 3. The summed E-state index contributed by atoms with van der Waals surface area (Å²) in [5.74, 6) is 0.387. The molecular formula is C23H31ClN8O6S. The van der Waals surface area contributed by atoms with Crippen LogP contribution in [-0.2, 0) is 14.8 Å². The number of anilines is 1. The number of nitrogens with one attached hydrogen (secondary N) is 1. The summed E-state index contributed by atoms with van der Waals surface area (Å²) in [6, 6.07) is 0. The Kier molecular flexibility index (Phi) is 9.15. The van der Waals surface area contributed by atoms with E-state index in [2.05, 4.69) is 34.9 Å². The fourth-order valence-corrected chi connectivity index (χ4v) is 6.01. The van der Waals surface area contributed by atoms with E-state index in [9.17, 15) is 13.5 Å². The van der Waals surface area contributed by atoms with Gasteiger partial charge in [-0.25, -0.2) is 18.4 Å². The van der Waals surface area contributed by atoms with Gasteiger partial charge in [0.05, 0.1) is 19.2 Å². The Bertz CT molecular complexity index is 1350. The smallest absolute Gasteiger partial charge is 0.245 e. The maximum Gasteiger partial charge on any atom is 0.245 e. The van der Waals surface area contributed by atoms with Crippen LogP contribution in [0.1, 0.15) is 56.3 Å². The Morgan fingerprint density at radius 3 is 2.31 bits per heavy atom. The molecule has 0 amide bonds. The molecule has 0 saturated heterocycles. The molecule has 39 heavy (non-hydrogen) atoms. The van der Waals surface area contributed by atoms with Gasteiger partial charge in [0.15, 0.2) is 11.5 Å². The SMILES string of the molecule is COc1ncnc(OC)c1-n1c(NS(=O)(=O)[C@@H](C)[C@H](OC)c2ncc(Cl)cn2)nnc1[C@@H]1CCCC[C@@H]1CO. The second kappa shape index (κ2) is 12.4. The molecule has 3 aromatic rings. The first-order valence-electron chi connectivity index (χ1n) is 12.3. The number of hydrogen-bond acceptors (Lipinski definition) is 12. The number of nitrogens with zero attached hydrogens (tertiary/aromatic N) is 7. The van der Waals surface area contributed by atoms with Gasteiger partial charge >= 0.3 is 0 Å². The lowest BCUT2D eigenvalue weighted by Gasteiger charge is -2.30. The van der Waals surface area contributed by atoms with E-state index in [1.165, 1.54) is 51.5 Å². The molecule has 14 nitrogen and oxygen atoms in total. The van der Waals surface area contributed by atoms with E-state index < -0.39 is 21.4 Å². The molecule has 0 aliphatic heterocycles. The molecule has 1 aliphatic rings. The number of aliphatic hydroxyl groups is 1. The summed E-state index contributed by atoms with van der Waals surface area (Å²) in [5, 5.41) is 17.8. The maximum atomic E-state index is 13.7. The first-order valence-corrected chi connectivity index (χ1v) is 14.2. The Balaban J connectivity index is 1.81. The lowest BCUT2D eigenvalue weighted by atomic mass is 9.79. The normalized spacial score (nSPS) is 19.3. The highest BCUT2D eigenvalue weighted by Gasteiger charge is 2.37. The van der Waals surface area contributed by atoms with Crippen molar-refractivity contribution in [2.24, 2.45) is 5.92 Å². The van der Waals surface area contributed by atoms with Crippen molar-refractivity contribution in [1.82, 2.24) is 34.7 Å². The zero-order valence-electron chi connectivity index (χ0n) is 22.0. The van der Waals surface area contributed by atoms with E-state index in [4.69, 9.17) is 25.8 Å². The molecule has 3 aromatic heterocycles. The molecule has 3 heterocycles. The van der Waals surface area contributed by atoms with Gasteiger partial charge in [-0.3, -0.25) is 9.29 Å². The largest absolute Gasteiger partial charge is 0.479 e. The maximum absolute atomic E-state index is 13.7. The standard InChI is InChI=1S/C23H31ClN8O6S/c1-13(18(36-2)19-25-9-15(24)10-26-19)39(34,35)31-23-30-29-20(16-8-6-5-7-14(16)11-33)32(23)17-21(37-3)27-12-28-22(17)38-4/h9-10,12-14,16,18,33H,5-8,11H2,1-4H3,(H,30,31)/t13-,14+,16+,18-/m0/s1. The molecule has 16 heteroatoms. The van der Waals surface area contributed by atoms with E-state index in [1.54, 1.807) is 0 Å². The Labute approximate surface area is 231 Å². The minimum atomic E-state index is -4.17. The summed E-state index contributed by atoms with van der Waals surface area (Å²) in [4.78, 5) is 16.6. The zero-order valence-corrected chi connectivity index (χ0v) is 23.6. The van der Waals surface area contributed by atoms with E-state index in [-0.39, 0.29) is 47.7 Å². The summed E-state index contributed by atoms with van der Waals surface area (Å²) in [6.45, 7) is 1.41. The topological polar surface area (TPSA) is 176 Å². The molecule has 0 bridgehead atoms. The number of aliphatic hydroxyl groups excluding tert-OH is 1. The molecule has 2 N–H and O–H groups in total. The van der Waals surface area contributed by atoms with Crippen LogP contribution >= 0.6 is 11.6 Å². The van der Waals surface area contributed by atoms with Gasteiger partial charge in [0.2, 0.25) is 27.7 Å².